The molecule has 1 fully saturated rings. The standard InChI is InChI=1S/C18H26F2N2O2.ClH/c1-13(14-6-5-7-15(10-14)24-17(19)20)22-16(23)11-18(12-21)8-3-2-4-9-18;/h5-7,10,13,17H,2-4,8-9,11-12,21H2,1H3,(H,22,23);1H. The molecule has 1 aromatic rings. The fourth-order valence-corrected chi connectivity index (χ4v) is 3.43. The molecule has 1 saturated carbocycles. The largest absolute Gasteiger partial charge is 0.435 e. The van der Waals surface area contributed by atoms with Gasteiger partial charge in [-0.25, -0.2) is 0 Å². The van der Waals surface area contributed by atoms with E-state index >= 15 is 0 Å². The summed E-state index contributed by atoms with van der Waals surface area (Å²) in [6, 6.07) is 6.13. The fourth-order valence-electron chi connectivity index (χ4n) is 3.43. The number of carbonyl (C=O) groups excluding carboxylic acids is 1. The van der Waals surface area contributed by atoms with Gasteiger partial charge in [-0.05, 0) is 49.4 Å². The second-order valence-electron chi connectivity index (χ2n) is 6.68. The Morgan fingerprint density at radius 2 is 2.00 bits per heavy atom. The number of alkyl halides is 2. The van der Waals surface area contributed by atoms with E-state index < -0.39 is 6.61 Å². The van der Waals surface area contributed by atoms with E-state index in [-0.39, 0.29) is 35.5 Å². The van der Waals surface area contributed by atoms with Gasteiger partial charge in [-0.15, -0.1) is 12.4 Å². The minimum Gasteiger partial charge on any atom is -0.435 e. The minimum atomic E-state index is -2.86. The van der Waals surface area contributed by atoms with E-state index in [1.165, 1.54) is 18.6 Å². The first-order valence-electron chi connectivity index (χ1n) is 8.48. The van der Waals surface area contributed by atoms with Gasteiger partial charge >= 0.3 is 6.61 Å². The van der Waals surface area contributed by atoms with Crippen LogP contribution in [0.4, 0.5) is 8.78 Å². The number of nitrogens with one attached hydrogen (secondary N) is 1. The number of halogens is 3. The van der Waals surface area contributed by atoms with Gasteiger partial charge in [0.25, 0.3) is 0 Å². The highest BCUT2D eigenvalue weighted by Crippen LogP contribution is 2.38. The minimum absolute atomic E-state index is 0. The van der Waals surface area contributed by atoms with Gasteiger partial charge in [0.15, 0.2) is 0 Å². The van der Waals surface area contributed by atoms with Crippen LogP contribution < -0.4 is 15.8 Å². The van der Waals surface area contributed by atoms with Crippen molar-refractivity contribution in [3.05, 3.63) is 29.8 Å². The lowest BCUT2D eigenvalue weighted by Gasteiger charge is -2.36. The van der Waals surface area contributed by atoms with E-state index in [4.69, 9.17) is 5.73 Å². The van der Waals surface area contributed by atoms with Crippen LogP contribution in [0.15, 0.2) is 24.3 Å². The monoisotopic (exact) mass is 376 g/mol. The van der Waals surface area contributed by atoms with Crippen molar-refractivity contribution in [2.45, 2.75) is 58.1 Å². The Morgan fingerprint density at radius 3 is 2.60 bits per heavy atom. The summed E-state index contributed by atoms with van der Waals surface area (Å²) in [7, 11) is 0. The normalized spacial score (nSPS) is 17.5. The lowest BCUT2D eigenvalue weighted by Crippen LogP contribution is -2.39. The Bertz CT molecular complexity index is 552. The molecule has 0 aliphatic heterocycles. The molecule has 0 radical (unpaired) electrons. The van der Waals surface area contributed by atoms with Crippen LogP contribution in [0.1, 0.15) is 57.1 Å². The van der Waals surface area contributed by atoms with Crippen LogP contribution in [0.2, 0.25) is 0 Å². The van der Waals surface area contributed by atoms with Crippen LogP contribution in [0.3, 0.4) is 0 Å². The third kappa shape index (κ3) is 6.44. The number of benzene rings is 1. The van der Waals surface area contributed by atoms with Gasteiger partial charge in [0, 0.05) is 6.42 Å². The average Bonchev–Trinajstić information content (AvgIpc) is 2.55. The maximum atomic E-state index is 12.4. The van der Waals surface area contributed by atoms with E-state index in [1.54, 1.807) is 12.1 Å². The second kappa shape index (κ2) is 9.92. The summed E-state index contributed by atoms with van der Waals surface area (Å²) >= 11 is 0. The molecule has 1 atom stereocenters. The molecule has 142 valence electrons. The summed E-state index contributed by atoms with van der Waals surface area (Å²) in [4.78, 5) is 12.4. The Labute approximate surface area is 153 Å². The van der Waals surface area contributed by atoms with Crippen LogP contribution in [0.25, 0.3) is 0 Å². The fraction of sp³-hybridized carbons (Fsp3) is 0.611. The molecular weight excluding hydrogens is 350 g/mol. The SMILES string of the molecule is CC(NC(=O)CC1(CN)CCCCC1)c1cccc(OC(F)F)c1.Cl. The number of hydrogen-bond acceptors (Lipinski definition) is 3. The zero-order valence-electron chi connectivity index (χ0n) is 14.5. The van der Waals surface area contributed by atoms with Crippen molar-refractivity contribution in [3.63, 3.8) is 0 Å². The lowest BCUT2D eigenvalue weighted by molar-refractivity contribution is -0.124. The molecule has 2 rings (SSSR count). The molecule has 0 heterocycles. The number of carbonyl (C=O) groups is 1. The highest BCUT2D eigenvalue weighted by atomic mass is 35.5. The van der Waals surface area contributed by atoms with Crippen LogP contribution in [-0.2, 0) is 4.79 Å². The zero-order chi connectivity index (χ0) is 17.6. The molecule has 1 aliphatic rings. The topological polar surface area (TPSA) is 64.4 Å². The maximum Gasteiger partial charge on any atom is 0.387 e. The van der Waals surface area contributed by atoms with E-state index in [1.807, 2.05) is 6.92 Å². The molecule has 1 aromatic carbocycles. The summed E-state index contributed by atoms with van der Waals surface area (Å²) in [5.41, 5.74) is 6.56. The zero-order valence-corrected chi connectivity index (χ0v) is 15.3. The number of hydrogen-bond donors (Lipinski definition) is 2. The maximum absolute atomic E-state index is 12.4. The van der Waals surface area contributed by atoms with Gasteiger partial charge in [0.1, 0.15) is 5.75 Å². The van der Waals surface area contributed by atoms with Crippen LogP contribution in [-0.4, -0.2) is 19.1 Å². The molecular formula is C18H27ClF2N2O2. The summed E-state index contributed by atoms with van der Waals surface area (Å²) in [5.74, 6) is 0.0457. The average molecular weight is 377 g/mol. The summed E-state index contributed by atoms with van der Waals surface area (Å²) < 4.78 is 29.0. The summed E-state index contributed by atoms with van der Waals surface area (Å²) in [6.07, 6.45) is 5.84. The van der Waals surface area contributed by atoms with Crippen molar-refractivity contribution in [2.24, 2.45) is 11.1 Å². The molecule has 1 aliphatic carbocycles. The van der Waals surface area contributed by atoms with Gasteiger partial charge in [0.2, 0.25) is 5.91 Å². The molecule has 7 heteroatoms. The second-order valence-corrected chi connectivity index (χ2v) is 6.68. The smallest absolute Gasteiger partial charge is 0.387 e. The summed E-state index contributed by atoms with van der Waals surface area (Å²) in [5, 5.41) is 2.95. The van der Waals surface area contributed by atoms with Gasteiger partial charge in [-0.2, -0.15) is 8.78 Å². The van der Waals surface area contributed by atoms with Crippen LogP contribution >= 0.6 is 12.4 Å². The van der Waals surface area contributed by atoms with Gasteiger partial charge in [-0.3, -0.25) is 4.79 Å². The van der Waals surface area contributed by atoms with Gasteiger partial charge in [-0.1, -0.05) is 31.4 Å². The Kier molecular flexibility index (Phi) is 8.59. The molecule has 0 bridgehead atoms. The van der Waals surface area contributed by atoms with E-state index in [0.29, 0.717) is 13.0 Å². The van der Waals surface area contributed by atoms with Gasteiger partial charge in [0.05, 0.1) is 6.04 Å². The quantitative estimate of drug-likeness (QED) is 0.750. The molecule has 0 spiro atoms. The predicted octanol–water partition coefficient (Wildman–Crippen LogP) is 4.19. The highest BCUT2D eigenvalue weighted by Gasteiger charge is 2.33. The van der Waals surface area contributed by atoms with Crippen molar-refractivity contribution in [2.75, 3.05) is 6.54 Å². The predicted molar refractivity (Wildman–Crippen MR) is 96.1 cm³/mol. The molecule has 4 nitrogen and oxygen atoms in total. The van der Waals surface area contributed by atoms with E-state index in [0.717, 1.165) is 31.2 Å². The Hall–Kier alpha value is -1.40. The van der Waals surface area contributed by atoms with Gasteiger partial charge < -0.3 is 15.8 Å². The van der Waals surface area contributed by atoms with Crippen molar-refractivity contribution < 1.29 is 18.3 Å². The van der Waals surface area contributed by atoms with Crippen molar-refractivity contribution in [1.29, 1.82) is 0 Å². The Balaban J connectivity index is 0.00000312. The molecule has 1 amide bonds. The number of nitrogens with two attached hydrogens (primary N) is 1. The molecule has 25 heavy (non-hydrogen) atoms. The highest BCUT2D eigenvalue weighted by molar-refractivity contribution is 5.85. The number of rotatable bonds is 7. The first-order chi connectivity index (χ1) is 11.4. The van der Waals surface area contributed by atoms with Crippen molar-refractivity contribution >= 4 is 18.3 Å². The number of ether oxygens (including phenoxy) is 1. The third-order valence-corrected chi connectivity index (χ3v) is 4.84. The number of amides is 1. The molecule has 1 unspecified atom stereocenters. The van der Waals surface area contributed by atoms with Crippen molar-refractivity contribution in [3.8, 4) is 5.75 Å². The van der Waals surface area contributed by atoms with Crippen LogP contribution in [0.5, 0.6) is 5.75 Å². The first-order valence-corrected chi connectivity index (χ1v) is 8.48. The molecule has 3 N–H and O–H groups in total. The first kappa shape index (κ1) is 21.6. The van der Waals surface area contributed by atoms with Crippen molar-refractivity contribution in [1.82, 2.24) is 5.32 Å². The lowest BCUT2D eigenvalue weighted by atomic mass is 9.71. The molecule has 0 aromatic heterocycles. The summed E-state index contributed by atoms with van der Waals surface area (Å²) in [6.45, 7) is -0.511. The Morgan fingerprint density at radius 1 is 1.32 bits per heavy atom. The molecule has 0 saturated heterocycles. The van der Waals surface area contributed by atoms with Crippen LogP contribution in [0, 0.1) is 5.41 Å². The van der Waals surface area contributed by atoms with E-state index in [9.17, 15) is 13.6 Å². The van der Waals surface area contributed by atoms with E-state index in [2.05, 4.69) is 10.1 Å². The third-order valence-electron chi connectivity index (χ3n) is 4.84.